The van der Waals surface area contributed by atoms with Crippen LogP contribution in [0.25, 0.3) is 0 Å². The Morgan fingerprint density at radius 1 is 0.643 bits per heavy atom. The molecule has 0 radical (unpaired) electrons. The molecule has 0 atom stereocenters. The summed E-state index contributed by atoms with van der Waals surface area (Å²) in [5, 5.41) is 2.33. The number of nitrogens with zero attached hydrogens (tertiary/aromatic N) is 1. The van der Waals surface area contributed by atoms with Crippen LogP contribution >= 0.6 is 7.21 Å². The SMILES string of the molecule is CCCCOP(OCCCC)(c1ccccc1)(c1ccccc1)N(CC)CC. The molecule has 0 saturated carbocycles. The van der Waals surface area contributed by atoms with Crippen LogP contribution in [0.5, 0.6) is 0 Å². The fourth-order valence-electron chi connectivity index (χ4n) is 3.85. The van der Waals surface area contributed by atoms with Crippen molar-refractivity contribution in [3.63, 3.8) is 0 Å². The molecule has 156 valence electrons. The first kappa shape index (κ1) is 23.0. The van der Waals surface area contributed by atoms with E-state index < -0.39 is 7.21 Å². The van der Waals surface area contributed by atoms with Crippen LogP contribution in [-0.2, 0) is 9.05 Å². The van der Waals surface area contributed by atoms with Gasteiger partial charge in [-0.25, -0.2) is 0 Å². The first-order valence-corrected chi connectivity index (χ1v) is 12.9. The van der Waals surface area contributed by atoms with E-state index in [0.717, 1.165) is 49.4 Å². The van der Waals surface area contributed by atoms with Gasteiger partial charge in [-0.2, -0.15) is 0 Å². The van der Waals surface area contributed by atoms with Gasteiger partial charge < -0.3 is 0 Å². The van der Waals surface area contributed by atoms with Gasteiger partial charge in [0, 0.05) is 0 Å². The Bertz CT molecular complexity index is 620. The molecule has 2 aromatic carbocycles. The van der Waals surface area contributed by atoms with E-state index in [0.29, 0.717) is 13.2 Å². The Morgan fingerprint density at radius 2 is 1.04 bits per heavy atom. The molecule has 0 aliphatic carbocycles. The summed E-state index contributed by atoms with van der Waals surface area (Å²) < 4.78 is 16.6. The summed E-state index contributed by atoms with van der Waals surface area (Å²) in [5.41, 5.74) is 0. The van der Waals surface area contributed by atoms with Crippen LogP contribution < -0.4 is 10.6 Å². The van der Waals surface area contributed by atoms with E-state index in [-0.39, 0.29) is 0 Å². The van der Waals surface area contributed by atoms with Gasteiger partial charge in [0.1, 0.15) is 0 Å². The zero-order chi connectivity index (χ0) is 20.3. The molecule has 0 unspecified atom stereocenters. The van der Waals surface area contributed by atoms with Crippen LogP contribution in [0.3, 0.4) is 0 Å². The molecular formula is C24H38NO2P. The first-order valence-electron chi connectivity index (χ1n) is 10.9. The zero-order valence-corrected chi connectivity index (χ0v) is 19.0. The molecule has 28 heavy (non-hydrogen) atoms. The Hall–Kier alpha value is -1.25. The maximum absolute atomic E-state index is 7.05. The van der Waals surface area contributed by atoms with E-state index in [2.05, 4.69) is 93.0 Å². The molecule has 4 heteroatoms. The monoisotopic (exact) mass is 403 g/mol. The minimum absolute atomic E-state index is 0.695. The van der Waals surface area contributed by atoms with Crippen molar-refractivity contribution in [3.05, 3.63) is 60.7 Å². The van der Waals surface area contributed by atoms with E-state index in [1.807, 2.05) is 0 Å². The molecule has 0 N–H and O–H groups in total. The second kappa shape index (κ2) is 11.1. The van der Waals surface area contributed by atoms with Gasteiger partial charge in [0.2, 0.25) is 0 Å². The zero-order valence-electron chi connectivity index (χ0n) is 18.1. The van der Waals surface area contributed by atoms with Crippen LogP contribution in [0.1, 0.15) is 53.4 Å². The number of hydrogen-bond acceptors (Lipinski definition) is 3. The van der Waals surface area contributed by atoms with Crippen molar-refractivity contribution in [1.29, 1.82) is 0 Å². The standard InChI is InChI=1S/C24H38NO2P/c1-5-9-21-26-28(25(7-3)8-4,27-22-10-6-2,23-17-13-11-14-18-23)24-19-15-12-16-20-24/h11-20H,5-10,21-22H2,1-4H3. The van der Waals surface area contributed by atoms with Gasteiger partial charge >= 0.3 is 172 Å². The van der Waals surface area contributed by atoms with Gasteiger partial charge in [0.05, 0.1) is 0 Å². The van der Waals surface area contributed by atoms with Crippen LogP contribution in [0.4, 0.5) is 0 Å². The van der Waals surface area contributed by atoms with Crippen molar-refractivity contribution in [2.24, 2.45) is 0 Å². The maximum atomic E-state index is 7.05. The topological polar surface area (TPSA) is 21.7 Å². The predicted molar refractivity (Wildman–Crippen MR) is 124 cm³/mol. The summed E-state index contributed by atoms with van der Waals surface area (Å²) in [4.78, 5) is 0. The average molecular weight is 404 g/mol. The molecule has 0 aliphatic rings. The average Bonchev–Trinajstić information content (AvgIpc) is 2.76. The molecule has 3 nitrogen and oxygen atoms in total. The second-order valence-electron chi connectivity index (χ2n) is 7.10. The molecule has 0 fully saturated rings. The van der Waals surface area contributed by atoms with Crippen molar-refractivity contribution in [1.82, 2.24) is 4.67 Å². The van der Waals surface area contributed by atoms with Crippen molar-refractivity contribution in [3.8, 4) is 0 Å². The summed E-state index contributed by atoms with van der Waals surface area (Å²) in [6.07, 6.45) is 4.25. The minimum atomic E-state index is -3.48. The third-order valence-corrected chi connectivity index (χ3v) is 10.7. The van der Waals surface area contributed by atoms with Crippen molar-refractivity contribution < 1.29 is 9.05 Å². The number of benzene rings is 2. The first-order chi connectivity index (χ1) is 13.7. The van der Waals surface area contributed by atoms with Gasteiger partial charge in [-0.3, -0.25) is 0 Å². The Labute approximate surface area is 172 Å². The molecule has 2 rings (SSSR count). The van der Waals surface area contributed by atoms with E-state index in [1.165, 1.54) is 0 Å². The van der Waals surface area contributed by atoms with Gasteiger partial charge in [-0.15, -0.1) is 0 Å². The Morgan fingerprint density at radius 3 is 1.36 bits per heavy atom. The molecule has 0 heterocycles. The number of hydrogen-bond donors (Lipinski definition) is 0. The molecule has 0 spiro atoms. The summed E-state index contributed by atoms with van der Waals surface area (Å²) in [7, 11) is -3.48. The molecule has 0 aliphatic heterocycles. The van der Waals surface area contributed by atoms with Crippen LogP contribution in [0.15, 0.2) is 60.7 Å². The molecule has 0 saturated heterocycles. The van der Waals surface area contributed by atoms with E-state index >= 15 is 0 Å². The van der Waals surface area contributed by atoms with E-state index in [1.54, 1.807) is 0 Å². The Balaban J connectivity index is 2.81. The molecule has 0 bridgehead atoms. The van der Waals surface area contributed by atoms with Crippen LogP contribution in [0, 0.1) is 0 Å². The summed E-state index contributed by atoms with van der Waals surface area (Å²) in [5.74, 6) is 0. The van der Waals surface area contributed by atoms with Crippen molar-refractivity contribution in [2.75, 3.05) is 26.3 Å². The second-order valence-corrected chi connectivity index (χ2v) is 11.0. The predicted octanol–water partition coefficient (Wildman–Crippen LogP) is 5.91. The third-order valence-electron chi connectivity index (χ3n) is 5.32. The van der Waals surface area contributed by atoms with Crippen molar-refractivity contribution >= 4 is 17.8 Å². The summed E-state index contributed by atoms with van der Waals surface area (Å²) >= 11 is 0. The van der Waals surface area contributed by atoms with E-state index in [9.17, 15) is 0 Å². The Kier molecular flexibility index (Phi) is 9.11. The third kappa shape index (κ3) is 4.33. The van der Waals surface area contributed by atoms with Gasteiger partial charge in [0.15, 0.2) is 0 Å². The van der Waals surface area contributed by atoms with E-state index in [4.69, 9.17) is 9.05 Å². The number of unbranched alkanes of at least 4 members (excludes halogenated alkanes) is 2. The normalized spacial score (nSPS) is 13.4. The van der Waals surface area contributed by atoms with Crippen molar-refractivity contribution in [2.45, 2.75) is 53.4 Å². The molecular weight excluding hydrogens is 365 g/mol. The number of rotatable bonds is 13. The van der Waals surface area contributed by atoms with Crippen LogP contribution in [0.2, 0.25) is 0 Å². The molecule has 2 aromatic rings. The molecule has 0 amide bonds. The molecule has 0 aromatic heterocycles. The summed E-state index contributed by atoms with van der Waals surface area (Å²) in [6, 6.07) is 21.3. The van der Waals surface area contributed by atoms with Gasteiger partial charge in [0.25, 0.3) is 0 Å². The summed E-state index contributed by atoms with van der Waals surface area (Å²) in [6.45, 7) is 12.0. The quantitative estimate of drug-likeness (QED) is 0.306. The van der Waals surface area contributed by atoms with Crippen LogP contribution in [-0.4, -0.2) is 31.0 Å². The van der Waals surface area contributed by atoms with Gasteiger partial charge in [-0.1, -0.05) is 0 Å². The van der Waals surface area contributed by atoms with Gasteiger partial charge in [-0.05, 0) is 0 Å². The fraction of sp³-hybridized carbons (Fsp3) is 0.500. The fourth-order valence-corrected chi connectivity index (χ4v) is 9.16.